The van der Waals surface area contributed by atoms with Crippen molar-refractivity contribution in [2.75, 3.05) is 4.90 Å². The molecular formula is C15H9FN2O4. The lowest BCUT2D eigenvalue weighted by Gasteiger charge is -2.26. The van der Waals surface area contributed by atoms with Crippen molar-refractivity contribution in [3.63, 3.8) is 0 Å². The summed E-state index contributed by atoms with van der Waals surface area (Å²) in [6.07, 6.45) is 2.60. The second-order valence-corrected chi connectivity index (χ2v) is 4.45. The molecule has 110 valence electrons. The number of nitrogens with zero attached hydrogens (tertiary/aromatic N) is 1. The average Bonchev–Trinajstić information content (AvgIpc) is 2.96. The second kappa shape index (κ2) is 5.28. The Labute approximate surface area is 123 Å². The molecule has 0 saturated carbocycles. The average molecular weight is 300 g/mol. The van der Waals surface area contributed by atoms with Crippen molar-refractivity contribution in [1.29, 1.82) is 0 Å². The van der Waals surface area contributed by atoms with Crippen molar-refractivity contribution in [3.8, 4) is 0 Å². The highest BCUT2D eigenvalue weighted by Crippen LogP contribution is 2.22. The fourth-order valence-electron chi connectivity index (χ4n) is 2.02. The molecule has 6 nitrogen and oxygen atoms in total. The number of hydrogen-bond acceptors (Lipinski definition) is 4. The molecule has 1 saturated heterocycles. The van der Waals surface area contributed by atoms with Crippen LogP contribution in [0.15, 0.2) is 52.7 Å². The summed E-state index contributed by atoms with van der Waals surface area (Å²) < 4.78 is 18.3. The summed E-state index contributed by atoms with van der Waals surface area (Å²) in [5, 5.41) is 2.04. The summed E-state index contributed by atoms with van der Waals surface area (Å²) in [6.45, 7) is 0. The molecule has 0 unspecified atom stereocenters. The molecule has 1 N–H and O–H groups in total. The number of hydrogen-bond donors (Lipinski definition) is 1. The summed E-state index contributed by atoms with van der Waals surface area (Å²) >= 11 is 0. The minimum absolute atomic E-state index is 0.0281. The maximum absolute atomic E-state index is 13.3. The highest BCUT2D eigenvalue weighted by molar-refractivity contribution is 6.39. The number of carbonyl (C=O) groups excluding carboxylic acids is 3. The predicted molar refractivity (Wildman–Crippen MR) is 74.1 cm³/mol. The van der Waals surface area contributed by atoms with Gasteiger partial charge >= 0.3 is 6.03 Å². The number of amides is 4. The van der Waals surface area contributed by atoms with Gasteiger partial charge in [0.2, 0.25) is 0 Å². The van der Waals surface area contributed by atoms with Crippen LogP contribution in [0.2, 0.25) is 0 Å². The molecule has 0 atom stereocenters. The zero-order valence-corrected chi connectivity index (χ0v) is 11.1. The zero-order chi connectivity index (χ0) is 15.7. The Balaban J connectivity index is 2.03. The van der Waals surface area contributed by atoms with E-state index in [2.05, 4.69) is 0 Å². The van der Waals surface area contributed by atoms with Gasteiger partial charge in [0.1, 0.15) is 17.2 Å². The molecule has 2 heterocycles. The van der Waals surface area contributed by atoms with E-state index in [4.69, 9.17) is 4.42 Å². The Hall–Kier alpha value is -3.22. The summed E-state index contributed by atoms with van der Waals surface area (Å²) in [5.74, 6) is -2.01. The molecule has 0 bridgehead atoms. The molecule has 1 fully saturated rings. The number of halogens is 1. The molecule has 2 aromatic rings. The molecule has 0 spiro atoms. The van der Waals surface area contributed by atoms with Crippen molar-refractivity contribution in [1.82, 2.24) is 5.32 Å². The Morgan fingerprint density at radius 3 is 2.64 bits per heavy atom. The van der Waals surface area contributed by atoms with Crippen LogP contribution in [0.4, 0.5) is 14.9 Å². The molecule has 1 aliphatic rings. The van der Waals surface area contributed by atoms with Crippen LogP contribution in [0.1, 0.15) is 5.76 Å². The van der Waals surface area contributed by atoms with Crippen molar-refractivity contribution in [3.05, 3.63) is 59.8 Å². The van der Waals surface area contributed by atoms with Crippen LogP contribution in [-0.4, -0.2) is 17.8 Å². The molecule has 7 heteroatoms. The Bertz CT molecular complexity index is 796. The van der Waals surface area contributed by atoms with Crippen LogP contribution in [0.3, 0.4) is 0 Å². The first kappa shape index (κ1) is 13.7. The minimum Gasteiger partial charge on any atom is -0.465 e. The molecule has 22 heavy (non-hydrogen) atoms. The van der Waals surface area contributed by atoms with Crippen molar-refractivity contribution in [2.24, 2.45) is 0 Å². The summed E-state index contributed by atoms with van der Waals surface area (Å²) in [5.41, 5.74) is -0.251. The number of urea groups is 1. The summed E-state index contributed by atoms with van der Waals surface area (Å²) in [4.78, 5) is 36.8. The normalized spacial score (nSPS) is 17.0. The van der Waals surface area contributed by atoms with Gasteiger partial charge in [0.05, 0.1) is 12.0 Å². The number of barbiturate groups is 1. The smallest absolute Gasteiger partial charge is 0.335 e. The monoisotopic (exact) mass is 300 g/mol. The fourth-order valence-corrected chi connectivity index (χ4v) is 2.02. The number of nitrogens with one attached hydrogen (secondary N) is 1. The van der Waals surface area contributed by atoms with Crippen LogP contribution in [0, 0.1) is 5.82 Å². The van der Waals surface area contributed by atoms with Crippen LogP contribution < -0.4 is 10.2 Å². The maximum Gasteiger partial charge on any atom is 0.335 e. The van der Waals surface area contributed by atoms with Crippen molar-refractivity contribution >= 4 is 29.6 Å². The SMILES string of the molecule is O=C1NC(=O)N(c2cccc(F)c2)C(=O)/C1=C/c1ccco1. The van der Waals surface area contributed by atoms with Gasteiger partial charge < -0.3 is 4.42 Å². The summed E-state index contributed by atoms with van der Waals surface area (Å²) in [6, 6.07) is 7.16. The van der Waals surface area contributed by atoms with E-state index in [1.165, 1.54) is 30.5 Å². The number of imide groups is 2. The van der Waals surface area contributed by atoms with E-state index >= 15 is 0 Å². The van der Waals surface area contributed by atoms with Crippen molar-refractivity contribution in [2.45, 2.75) is 0 Å². The van der Waals surface area contributed by atoms with Crippen LogP contribution in [0.5, 0.6) is 0 Å². The van der Waals surface area contributed by atoms with E-state index in [0.29, 0.717) is 4.90 Å². The van der Waals surface area contributed by atoms with Crippen molar-refractivity contribution < 1.29 is 23.2 Å². The highest BCUT2D eigenvalue weighted by atomic mass is 19.1. The van der Waals surface area contributed by atoms with Crippen LogP contribution in [-0.2, 0) is 9.59 Å². The molecule has 1 aromatic carbocycles. The van der Waals surface area contributed by atoms with Gasteiger partial charge in [0, 0.05) is 0 Å². The predicted octanol–water partition coefficient (Wildman–Crippen LogP) is 2.09. The minimum atomic E-state index is -0.933. The number of benzene rings is 1. The third kappa shape index (κ3) is 2.39. The van der Waals surface area contributed by atoms with Crippen LogP contribution >= 0.6 is 0 Å². The Morgan fingerprint density at radius 2 is 1.95 bits per heavy atom. The Morgan fingerprint density at radius 1 is 1.14 bits per heavy atom. The third-order valence-corrected chi connectivity index (χ3v) is 3.00. The van der Waals surface area contributed by atoms with E-state index in [9.17, 15) is 18.8 Å². The number of furan rings is 1. The van der Waals surface area contributed by atoms with E-state index in [1.54, 1.807) is 12.1 Å². The van der Waals surface area contributed by atoms with Crippen LogP contribution in [0.25, 0.3) is 6.08 Å². The quantitative estimate of drug-likeness (QED) is 0.680. The molecule has 0 radical (unpaired) electrons. The zero-order valence-electron chi connectivity index (χ0n) is 11.1. The van der Waals surface area contributed by atoms with Gasteiger partial charge in [-0.05, 0) is 36.4 Å². The topological polar surface area (TPSA) is 79.6 Å². The second-order valence-electron chi connectivity index (χ2n) is 4.45. The molecule has 4 amide bonds. The fraction of sp³-hybridized carbons (Fsp3) is 0. The van der Waals surface area contributed by atoms with Gasteiger partial charge in [-0.1, -0.05) is 6.07 Å². The molecule has 0 aliphatic carbocycles. The van der Waals surface area contributed by atoms with Gasteiger partial charge in [-0.3, -0.25) is 14.9 Å². The maximum atomic E-state index is 13.3. The molecule has 1 aromatic heterocycles. The van der Waals surface area contributed by atoms with Gasteiger partial charge in [0.25, 0.3) is 11.8 Å². The standard InChI is InChI=1S/C15H9FN2O4/c16-9-3-1-4-10(7-9)18-14(20)12(13(19)17-15(18)21)8-11-5-2-6-22-11/h1-8H,(H,17,19,21)/b12-8+. The lowest BCUT2D eigenvalue weighted by Crippen LogP contribution is -2.54. The molecule has 1 aliphatic heterocycles. The number of rotatable bonds is 2. The van der Waals surface area contributed by atoms with Gasteiger partial charge in [0.15, 0.2) is 0 Å². The largest absolute Gasteiger partial charge is 0.465 e. The first-order valence-electron chi connectivity index (χ1n) is 6.27. The van der Waals surface area contributed by atoms with E-state index in [0.717, 1.165) is 6.07 Å². The lowest BCUT2D eigenvalue weighted by molar-refractivity contribution is -0.122. The number of carbonyl (C=O) groups is 3. The Kier molecular flexibility index (Phi) is 3.30. The number of anilines is 1. The highest BCUT2D eigenvalue weighted by Gasteiger charge is 2.37. The van der Waals surface area contributed by atoms with Gasteiger partial charge in [-0.15, -0.1) is 0 Å². The molecular weight excluding hydrogens is 291 g/mol. The van der Waals surface area contributed by atoms with Gasteiger partial charge in [-0.25, -0.2) is 14.1 Å². The van der Waals surface area contributed by atoms with E-state index in [-0.39, 0.29) is 17.0 Å². The lowest BCUT2D eigenvalue weighted by atomic mass is 10.1. The first-order valence-corrected chi connectivity index (χ1v) is 6.27. The molecule has 3 rings (SSSR count). The third-order valence-electron chi connectivity index (χ3n) is 3.00. The first-order chi connectivity index (χ1) is 10.6. The van der Waals surface area contributed by atoms with Gasteiger partial charge in [-0.2, -0.15) is 0 Å². The van der Waals surface area contributed by atoms with E-state index in [1.807, 2.05) is 5.32 Å². The summed E-state index contributed by atoms with van der Waals surface area (Å²) in [7, 11) is 0. The van der Waals surface area contributed by atoms with E-state index < -0.39 is 23.7 Å².